The standard InChI is InChI=1S/C15H27N5O/c1-3-8-16-13-12-14(19-10-6-5-7-11-19)18-15(20(13)21)17-9-4-2/h12,16H,3-11H2,1-2H3,(H,17,18). The van der Waals surface area contributed by atoms with Crippen molar-refractivity contribution in [2.24, 2.45) is 0 Å². The van der Waals surface area contributed by atoms with E-state index in [4.69, 9.17) is 0 Å². The highest BCUT2D eigenvalue weighted by molar-refractivity contribution is 5.49. The van der Waals surface area contributed by atoms with Crippen molar-refractivity contribution in [3.05, 3.63) is 11.3 Å². The second-order valence-electron chi connectivity index (χ2n) is 5.52. The summed E-state index contributed by atoms with van der Waals surface area (Å²) >= 11 is 0. The summed E-state index contributed by atoms with van der Waals surface area (Å²) in [5, 5.41) is 18.7. The quantitative estimate of drug-likeness (QED) is 0.596. The Morgan fingerprint density at radius 2 is 1.81 bits per heavy atom. The van der Waals surface area contributed by atoms with E-state index in [2.05, 4.69) is 34.4 Å². The highest BCUT2D eigenvalue weighted by Gasteiger charge is 2.19. The maximum absolute atomic E-state index is 12.3. The van der Waals surface area contributed by atoms with Gasteiger partial charge in [0.25, 0.3) is 0 Å². The summed E-state index contributed by atoms with van der Waals surface area (Å²) in [6.07, 6.45) is 5.63. The van der Waals surface area contributed by atoms with Gasteiger partial charge in [-0.3, -0.25) is 5.32 Å². The molecule has 2 N–H and O–H groups in total. The van der Waals surface area contributed by atoms with Crippen molar-refractivity contribution >= 4 is 17.6 Å². The summed E-state index contributed by atoms with van der Waals surface area (Å²) in [5.41, 5.74) is 0. The van der Waals surface area contributed by atoms with Crippen LogP contribution in [-0.2, 0) is 0 Å². The van der Waals surface area contributed by atoms with Crippen molar-refractivity contribution in [3.8, 4) is 0 Å². The fourth-order valence-electron chi connectivity index (χ4n) is 2.49. The summed E-state index contributed by atoms with van der Waals surface area (Å²) in [4.78, 5) is 6.80. The lowest BCUT2D eigenvalue weighted by Gasteiger charge is -2.27. The van der Waals surface area contributed by atoms with Crippen LogP contribution in [0.2, 0.25) is 0 Å². The predicted molar refractivity (Wildman–Crippen MR) is 86.8 cm³/mol. The van der Waals surface area contributed by atoms with Crippen LogP contribution in [0.15, 0.2) is 6.07 Å². The van der Waals surface area contributed by atoms with Crippen LogP contribution in [0, 0.1) is 5.21 Å². The molecule has 6 nitrogen and oxygen atoms in total. The molecule has 0 atom stereocenters. The molecule has 1 aliphatic rings. The number of nitrogens with one attached hydrogen (secondary N) is 2. The van der Waals surface area contributed by atoms with Gasteiger partial charge in [0, 0.05) is 19.6 Å². The molecule has 0 aliphatic carbocycles. The summed E-state index contributed by atoms with van der Waals surface area (Å²) in [6, 6.07) is 1.88. The SMILES string of the molecule is CCCNc1cc(N2CCCCC2)nc(NCCC)[n+]1[O-]. The summed E-state index contributed by atoms with van der Waals surface area (Å²) in [6.45, 7) is 7.76. The summed E-state index contributed by atoms with van der Waals surface area (Å²) in [7, 11) is 0. The molecule has 0 saturated carbocycles. The van der Waals surface area contributed by atoms with Gasteiger partial charge in [0.05, 0.1) is 12.6 Å². The minimum Gasteiger partial charge on any atom is -0.754 e. The molecular weight excluding hydrogens is 266 g/mol. The van der Waals surface area contributed by atoms with E-state index in [1.165, 1.54) is 19.3 Å². The van der Waals surface area contributed by atoms with Crippen LogP contribution in [0.3, 0.4) is 0 Å². The van der Waals surface area contributed by atoms with E-state index >= 15 is 0 Å². The third kappa shape index (κ3) is 4.12. The Labute approximate surface area is 127 Å². The van der Waals surface area contributed by atoms with Crippen molar-refractivity contribution in [2.45, 2.75) is 46.0 Å². The first-order valence-corrected chi connectivity index (χ1v) is 8.13. The minimum absolute atomic E-state index is 0.401. The number of piperidine rings is 1. The van der Waals surface area contributed by atoms with Crippen molar-refractivity contribution in [1.82, 2.24) is 4.98 Å². The van der Waals surface area contributed by atoms with E-state index in [1.54, 1.807) is 0 Å². The van der Waals surface area contributed by atoms with Crippen molar-refractivity contribution in [3.63, 3.8) is 0 Å². The maximum atomic E-state index is 12.3. The molecule has 0 spiro atoms. The predicted octanol–water partition coefficient (Wildman–Crippen LogP) is 2.35. The van der Waals surface area contributed by atoms with Gasteiger partial charge in [-0.25, -0.2) is 4.73 Å². The molecule has 1 aliphatic heterocycles. The number of aromatic nitrogens is 2. The Bertz CT molecular complexity index is 417. The monoisotopic (exact) mass is 293 g/mol. The van der Waals surface area contributed by atoms with E-state index in [1.807, 2.05) is 6.07 Å². The van der Waals surface area contributed by atoms with Crippen molar-refractivity contribution in [2.75, 3.05) is 41.7 Å². The lowest BCUT2D eigenvalue weighted by Crippen LogP contribution is -2.38. The average molecular weight is 293 g/mol. The van der Waals surface area contributed by atoms with Gasteiger partial charge in [0.1, 0.15) is 0 Å². The number of rotatable bonds is 7. The fraction of sp³-hybridized carbons (Fsp3) is 0.733. The molecule has 1 saturated heterocycles. The van der Waals surface area contributed by atoms with Gasteiger partial charge in [0.15, 0.2) is 11.6 Å². The van der Waals surface area contributed by atoms with Gasteiger partial charge in [-0.2, -0.15) is 0 Å². The number of hydrogen-bond acceptors (Lipinski definition) is 5. The summed E-state index contributed by atoms with van der Waals surface area (Å²) in [5.74, 6) is 1.89. The molecule has 21 heavy (non-hydrogen) atoms. The molecular formula is C15H27N5O. The molecule has 1 aromatic heterocycles. The van der Waals surface area contributed by atoms with Crippen LogP contribution in [-0.4, -0.2) is 31.2 Å². The molecule has 2 heterocycles. The van der Waals surface area contributed by atoms with E-state index < -0.39 is 0 Å². The first-order chi connectivity index (χ1) is 10.3. The average Bonchev–Trinajstić information content (AvgIpc) is 2.53. The Kier molecular flexibility index (Phi) is 5.90. The molecule has 1 fully saturated rings. The van der Waals surface area contributed by atoms with Gasteiger partial charge in [0.2, 0.25) is 0 Å². The zero-order valence-electron chi connectivity index (χ0n) is 13.2. The normalized spacial score (nSPS) is 15.0. The van der Waals surface area contributed by atoms with Crippen molar-refractivity contribution < 1.29 is 4.73 Å². The van der Waals surface area contributed by atoms with Crippen LogP contribution in [0.25, 0.3) is 0 Å². The molecule has 0 unspecified atom stereocenters. The van der Waals surface area contributed by atoms with Crippen LogP contribution >= 0.6 is 0 Å². The van der Waals surface area contributed by atoms with Gasteiger partial charge in [-0.1, -0.05) is 18.8 Å². The van der Waals surface area contributed by atoms with E-state index in [0.29, 0.717) is 11.8 Å². The number of nitrogens with zero attached hydrogens (tertiary/aromatic N) is 3. The van der Waals surface area contributed by atoms with Crippen LogP contribution in [0.5, 0.6) is 0 Å². The molecule has 0 aromatic carbocycles. The molecule has 0 radical (unpaired) electrons. The third-order valence-corrected chi connectivity index (χ3v) is 3.67. The van der Waals surface area contributed by atoms with Crippen LogP contribution < -0.4 is 20.3 Å². The zero-order chi connectivity index (χ0) is 15.1. The minimum atomic E-state index is 0.401. The molecule has 1 aromatic rings. The van der Waals surface area contributed by atoms with Gasteiger partial charge < -0.3 is 15.4 Å². The highest BCUT2D eigenvalue weighted by Crippen LogP contribution is 2.21. The van der Waals surface area contributed by atoms with Gasteiger partial charge in [-0.05, 0) is 32.1 Å². The van der Waals surface area contributed by atoms with Gasteiger partial charge >= 0.3 is 5.95 Å². The number of anilines is 3. The molecule has 2 rings (SSSR count). The number of hydrogen-bond donors (Lipinski definition) is 2. The Hall–Kier alpha value is -1.72. The maximum Gasteiger partial charge on any atom is 0.348 e. The fourth-order valence-corrected chi connectivity index (χ4v) is 2.49. The Morgan fingerprint density at radius 1 is 1.14 bits per heavy atom. The smallest absolute Gasteiger partial charge is 0.348 e. The van der Waals surface area contributed by atoms with E-state index in [0.717, 1.165) is 49.6 Å². The van der Waals surface area contributed by atoms with Crippen molar-refractivity contribution in [1.29, 1.82) is 0 Å². The molecule has 0 bridgehead atoms. The van der Waals surface area contributed by atoms with Crippen LogP contribution in [0.1, 0.15) is 46.0 Å². The van der Waals surface area contributed by atoms with Gasteiger partial charge in [-0.15, -0.1) is 0 Å². The van der Waals surface area contributed by atoms with E-state index in [9.17, 15) is 5.21 Å². The lowest BCUT2D eigenvalue weighted by atomic mass is 10.1. The first-order valence-electron chi connectivity index (χ1n) is 8.13. The highest BCUT2D eigenvalue weighted by atomic mass is 16.5. The van der Waals surface area contributed by atoms with E-state index in [-0.39, 0.29) is 0 Å². The zero-order valence-corrected chi connectivity index (χ0v) is 13.2. The third-order valence-electron chi connectivity index (χ3n) is 3.67. The molecule has 6 heteroatoms. The molecule has 118 valence electrons. The topological polar surface area (TPSA) is 67.1 Å². The first kappa shape index (κ1) is 15.7. The Balaban J connectivity index is 2.25. The lowest BCUT2D eigenvalue weighted by molar-refractivity contribution is -0.577. The second-order valence-corrected chi connectivity index (χ2v) is 5.52. The Morgan fingerprint density at radius 3 is 2.48 bits per heavy atom. The second kappa shape index (κ2) is 7.90. The summed E-state index contributed by atoms with van der Waals surface area (Å²) < 4.78 is 0.874. The van der Waals surface area contributed by atoms with Crippen LogP contribution in [0.4, 0.5) is 17.6 Å². The largest absolute Gasteiger partial charge is 0.754 e. The molecule has 0 amide bonds.